The van der Waals surface area contributed by atoms with Crippen LogP contribution < -0.4 is 0 Å². The average Bonchev–Trinajstić information content (AvgIpc) is 2.72. The largest absolute Gasteiger partial charge is 0.448 e. The van der Waals surface area contributed by atoms with E-state index in [2.05, 4.69) is 4.90 Å². The standard InChI is InChI=1S/C9H16N2O2.ClH/c12-9-11(7-8-13-9)6-5-10-3-1-2-4-10;/h1-8H2;1H. The van der Waals surface area contributed by atoms with E-state index in [1.165, 1.54) is 25.9 Å². The maximum absolute atomic E-state index is 11.1. The summed E-state index contributed by atoms with van der Waals surface area (Å²) in [6.45, 7) is 5.57. The van der Waals surface area contributed by atoms with Crippen LogP contribution in [0.2, 0.25) is 0 Å². The summed E-state index contributed by atoms with van der Waals surface area (Å²) in [6, 6.07) is 0. The van der Waals surface area contributed by atoms with Crippen molar-refractivity contribution >= 4 is 18.5 Å². The molecule has 0 N–H and O–H groups in total. The van der Waals surface area contributed by atoms with Crippen molar-refractivity contribution in [1.29, 1.82) is 0 Å². The summed E-state index contributed by atoms with van der Waals surface area (Å²) in [5.41, 5.74) is 0. The molecular weight excluding hydrogens is 204 g/mol. The van der Waals surface area contributed by atoms with Crippen molar-refractivity contribution in [3.63, 3.8) is 0 Å². The van der Waals surface area contributed by atoms with Gasteiger partial charge in [0.2, 0.25) is 0 Å². The highest BCUT2D eigenvalue weighted by molar-refractivity contribution is 5.85. The van der Waals surface area contributed by atoms with E-state index >= 15 is 0 Å². The van der Waals surface area contributed by atoms with Crippen molar-refractivity contribution in [2.24, 2.45) is 0 Å². The summed E-state index contributed by atoms with van der Waals surface area (Å²) in [5.74, 6) is 0. The number of hydrogen-bond donors (Lipinski definition) is 0. The quantitative estimate of drug-likeness (QED) is 0.710. The lowest BCUT2D eigenvalue weighted by Gasteiger charge is -2.18. The van der Waals surface area contributed by atoms with E-state index in [-0.39, 0.29) is 18.5 Å². The van der Waals surface area contributed by atoms with Crippen molar-refractivity contribution in [3.05, 3.63) is 0 Å². The van der Waals surface area contributed by atoms with Gasteiger partial charge in [-0.25, -0.2) is 4.79 Å². The fraction of sp³-hybridized carbons (Fsp3) is 0.889. The van der Waals surface area contributed by atoms with Crippen molar-refractivity contribution in [2.45, 2.75) is 12.8 Å². The molecule has 0 spiro atoms. The molecule has 14 heavy (non-hydrogen) atoms. The molecule has 0 unspecified atom stereocenters. The van der Waals surface area contributed by atoms with Crippen LogP contribution in [0.1, 0.15) is 12.8 Å². The Labute approximate surface area is 90.6 Å². The fourth-order valence-electron chi connectivity index (χ4n) is 1.90. The van der Waals surface area contributed by atoms with Crippen molar-refractivity contribution in [2.75, 3.05) is 39.3 Å². The Balaban J connectivity index is 0.000000980. The number of amides is 1. The van der Waals surface area contributed by atoms with Gasteiger partial charge in [-0.05, 0) is 25.9 Å². The van der Waals surface area contributed by atoms with E-state index in [9.17, 15) is 4.79 Å². The van der Waals surface area contributed by atoms with E-state index in [0.29, 0.717) is 6.61 Å². The van der Waals surface area contributed by atoms with Gasteiger partial charge in [0.25, 0.3) is 0 Å². The summed E-state index contributed by atoms with van der Waals surface area (Å²) >= 11 is 0. The Morgan fingerprint density at radius 3 is 2.43 bits per heavy atom. The Bertz CT molecular complexity index is 195. The average molecular weight is 221 g/mol. The van der Waals surface area contributed by atoms with Gasteiger partial charge in [-0.15, -0.1) is 12.4 Å². The number of carbonyl (C=O) groups excluding carboxylic acids is 1. The SMILES string of the molecule is Cl.O=C1OCCN1CCN1CCCC1. The number of cyclic esters (lactones) is 1. The molecule has 2 rings (SSSR count). The zero-order valence-corrected chi connectivity index (χ0v) is 9.09. The van der Waals surface area contributed by atoms with Gasteiger partial charge in [0.05, 0.1) is 6.54 Å². The van der Waals surface area contributed by atoms with Crippen molar-refractivity contribution in [1.82, 2.24) is 9.80 Å². The van der Waals surface area contributed by atoms with Gasteiger partial charge in [-0.3, -0.25) is 0 Å². The second-order valence-electron chi connectivity index (χ2n) is 3.65. The predicted molar refractivity (Wildman–Crippen MR) is 55.8 cm³/mol. The second-order valence-corrected chi connectivity index (χ2v) is 3.65. The first-order valence-electron chi connectivity index (χ1n) is 5.00. The van der Waals surface area contributed by atoms with Crippen LogP contribution in [0.15, 0.2) is 0 Å². The van der Waals surface area contributed by atoms with Gasteiger partial charge < -0.3 is 14.5 Å². The van der Waals surface area contributed by atoms with Crippen LogP contribution in [0.5, 0.6) is 0 Å². The van der Waals surface area contributed by atoms with Gasteiger partial charge in [0, 0.05) is 13.1 Å². The van der Waals surface area contributed by atoms with Gasteiger partial charge in [0.15, 0.2) is 0 Å². The first-order valence-corrected chi connectivity index (χ1v) is 5.00. The highest BCUT2D eigenvalue weighted by Gasteiger charge is 2.22. The number of hydrogen-bond acceptors (Lipinski definition) is 3. The topological polar surface area (TPSA) is 32.8 Å². The molecule has 0 atom stereocenters. The Kier molecular flexibility index (Phi) is 4.48. The number of halogens is 1. The molecule has 4 nitrogen and oxygen atoms in total. The fourth-order valence-corrected chi connectivity index (χ4v) is 1.90. The molecule has 0 aromatic heterocycles. The molecular formula is C9H17ClN2O2. The molecule has 2 aliphatic heterocycles. The highest BCUT2D eigenvalue weighted by Crippen LogP contribution is 2.08. The van der Waals surface area contributed by atoms with Crippen molar-refractivity contribution in [3.8, 4) is 0 Å². The second kappa shape index (κ2) is 5.41. The molecule has 0 radical (unpaired) electrons. The third-order valence-electron chi connectivity index (χ3n) is 2.73. The third-order valence-corrected chi connectivity index (χ3v) is 2.73. The highest BCUT2D eigenvalue weighted by atomic mass is 35.5. The van der Waals surface area contributed by atoms with Gasteiger partial charge in [-0.2, -0.15) is 0 Å². The van der Waals surface area contributed by atoms with E-state index in [1.54, 1.807) is 4.90 Å². The monoisotopic (exact) mass is 220 g/mol. The van der Waals surface area contributed by atoms with Crippen LogP contribution in [-0.2, 0) is 4.74 Å². The number of nitrogens with zero attached hydrogens (tertiary/aromatic N) is 2. The Hall–Kier alpha value is -0.480. The summed E-state index contributed by atoms with van der Waals surface area (Å²) in [5, 5.41) is 0. The van der Waals surface area contributed by atoms with Crippen LogP contribution in [0.3, 0.4) is 0 Å². The predicted octanol–water partition coefficient (Wildman–Crippen LogP) is 0.956. The first kappa shape index (κ1) is 11.6. The number of carbonyl (C=O) groups is 1. The number of likely N-dealkylation sites (tertiary alicyclic amines) is 1. The lowest BCUT2D eigenvalue weighted by Crippen LogP contribution is -2.34. The van der Waals surface area contributed by atoms with Crippen LogP contribution in [0.4, 0.5) is 4.79 Å². The molecule has 0 aromatic carbocycles. The minimum absolute atomic E-state index is 0. The van der Waals surface area contributed by atoms with E-state index < -0.39 is 0 Å². The molecule has 0 aliphatic carbocycles. The molecule has 0 aromatic rings. The minimum atomic E-state index is -0.140. The summed E-state index contributed by atoms with van der Waals surface area (Å²) in [4.78, 5) is 15.3. The lowest BCUT2D eigenvalue weighted by molar-refractivity contribution is 0.155. The molecule has 0 saturated carbocycles. The molecule has 1 amide bonds. The van der Waals surface area contributed by atoms with Crippen molar-refractivity contribution < 1.29 is 9.53 Å². The summed E-state index contributed by atoms with van der Waals surface area (Å²) in [7, 11) is 0. The van der Waals surface area contributed by atoms with Gasteiger partial charge in [0.1, 0.15) is 6.61 Å². The molecule has 2 aliphatic rings. The maximum atomic E-state index is 11.1. The van der Waals surface area contributed by atoms with Crippen LogP contribution in [-0.4, -0.2) is 55.2 Å². The third kappa shape index (κ3) is 2.75. The van der Waals surface area contributed by atoms with E-state index in [4.69, 9.17) is 4.74 Å². The summed E-state index contributed by atoms with van der Waals surface area (Å²) in [6.07, 6.45) is 2.48. The van der Waals surface area contributed by atoms with Crippen LogP contribution >= 0.6 is 12.4 Å². The molecule has 82 valence electrons. The van der Waals surface area contributed by atoms with Gasteiger partial charge in [-0.1, -0.05) is 0 Å². The number of ether oxygens (including phenoxy) is 1. The molecule has 2 fully saturated rings. The zero-order valence-electron chi connectivity index (χ0n) is 8.28. The summed E-state index contributed by atoms with van der Waals surface area (Å²) < 4.78 is 4.85. The zero-order chi connectivity index (χ0) is 9.10. The van der Waals surface area contributed by atoms with E-state index in [1.807, 2.05) is 0 Å². The minimum Gasteiger partial charge on any atom is -0.448 e. The Morgan fingerprint density at radius 2 is 1.86 bits per heavy atom. The smallest absolute Gasteiger partial charge is 0.409 e. The van der Waals surface area contributed by atoms with E-state index in [0.717, 1.165) is 19.6 Å². The van der Waals surface area contributed by atoms with Gasteiger partial charge >= 0.3 is 6.09 Å². The molecule has 0 bridgehead atoms. The maximum Gasteiger partial charge on any atom is 0.409 e. The van der Waals surface area contributed by atoms with Crippen LogP contribution in [0, 0.1) is 0 Å². The molecule has 2 saturated heterocycles. The molecule has 2 heterocycles. The number of rotatable bonds is 3. The first-order chi connectivity index (χ1) is 6.36. The lowest BCUT2D eigenvalue weighted by atomic mass is 10.4. The Morgan fingerprint density at radius 1 is 1.14 bits per heavy atom. The molecule has 5 heteroatoms. The normalized spacial score (nSPS) is 22.3. The van der Waals surface area contributed by atoms with Crippen LogP contribution in [0.25, 0.3) is 0 Å².